The molecule has 31 rings (SSSR count). The van der Waals surface area contributed by atoms with Crippen LogP contribution in [0.15, 0.2) is 29.2 Å². The quantitative estimate of drug-likeness (QED) is 0.0723. The summed E-state index contributed by atoms with van der Waals surface area (Å²) in [5.41, 5.74) is -0.325. The second-order valence-corrected chi connectivity index (χ2v) is 25.4. The van der Waals surface area contributed by atoms with E-state index in [2.05, 4.69) is 0 Å². The molecule has 30 saturated heterocycles. The van der Waals surface area contributed by atoms with Crippen molar-refractivity contribution in [1.29, 1.82) is 0 Å². The summed E-state index contributed by atoms with van der Waals surface area (Å²) in [6, 6.07) is 5.40. The van der Waals surface area contributed by atoms with E-state index in [1.165, 1.54) is 24.3 Å². The summed E-state index contributed by atoms with van der Waals surface area (Å²) in [5, 5.41) is 270. The van der Waals surface area contributed by atoms with Gasteiger partial charge in [0.05, 0.1) is 58.3 Å². The third kappa shape index (κ3) is 16.4. The predicted molar refractivity (Wildman–Crippen MR) is 295 cm³/mol. The van der Waals surface area contributed by atoms with Crippen molar-refractivity contribution in [3.63, 3.8) is 0 Å². The molecule has 16 bridgehead atoms. The minimum absolute atomic E-state index is 0. The number of aliphatic hydroxyl groups is 23. The van der Waals surface area contributed by atoms with Crippen LogP contribution in [0.25, 0.3) is 0 Å². The Morgan fingerprint density at radius 2 is 0.459 bits per heavy atom. The van der Waals surface area contributed by atoms with E-state index in [4.69, 9.17) is 75.8 Å². The van der Waals surface area contributed by atoms with Gasteiger partial charge < -0.3 is 203 Å². The van der Waals surface area contributed by atoms with Crippen molar-refractivity contribution in [2.45, 2.75) is 251 Å². The Hall–Kier alpha value is -1.52. The number of benzene rings is 1. The third-order valence-electron chi connectivity index (χ3n) is 18.2. The first-order chi connectivity index (χ1) is 46.2. The number of carbonyl (C=O) groups excluding carboxylic acids is 1. The Balaban J connectivity index is 0.0000112. The largest absolute Gasteiger partial charge is 1.00 e. The molecule has 0 saturated carbocycles. The van der Waals surface area contributed by atoms with E-state index >= 15 is 0 Å². The van der Waals surface area contributed by atoms with Gasteiger partial charge in [0, 0.05) is 16.2 Å². The average molecular weight is 1460 g/mol. The van der Waals surface area contributed by atoms with E-state index in [9.17, 15) is 127 Å². The summed E-state index contributed by atoms with van der Waals surface area (Å²) in [6.07, 6.45) is -83.0. The zero-order valence-corrected chi connectivity index (χ0v) is 54.4. The monoisotopic (exact) mass is 1450 g/mol. The van der Waals surface area contributed by atoms with Crippen molar-refractivity contribution in [3.8, 4) is 0 Å². The Labute approximate surface area is 580 Å². The number of thioether (sulfide) groups is 1. The molecule has 0 spiro atoms. The average Bonchev–Trinajstić information content (AvgIpc) is 0.778. The summed E-state index contributed by atoms with van der Waals surface area (Å²) in [5.74, 6) is -2.08. The SMILES string of the molecule is O=C([O-])c1ccccc1SC[C@H]1O[C@@H]2O[C@H]3[C@H](O)[C@@H](O)[C@@H](O[C@H]4[C@H](O)[C@@H](O)[C@@H](O[C@H]5[C@H](O)[C@@H](O)[C@@H](O[C@H]6[C@H](O)[C@@H](O)[C@@H](O[C@H]7[C@H](O)[C@H](O)[C@@H](O[C@H]8[C@H](O)[C@@H](O)[C@@H](O[C@H]9[C@H](O)[C@H](O)[C@@H](O[C@H]1[C@H](O)[C@H]2O)O[C@@H]9CO)O[C@@H]8CO)O[C@@H]7CO)O[C@@H]6CO)O[C@H]5CO)O[C@H]4CO)O[C@H]3CO.[Na+]. The van der Waals surface area contributed by atoms with Crippen LogP contribution < -0.4 is 34.7 Å². The first-order valence-electron chi connectivity index (χ1n) is 30.8. The Bertz CT molecular complexity index is 2640. The van der Waals surface area contributed by atoms with Crippen LogP contribution in [0.3, 0.4) is 0 Å². The Kier molecular flexibility index (Phi) is 28.6. The van der Waals surface area contributed by atoms with Crippen LogP contribution in [0.1, 0.15) is 10.4 Å². The van der Waals surface area contributed by atoms with Gasteiger partial charge in [-0.05, 0) is 6.07 Å². The predicted octanol–water partition coefficient (Wildman–Crippen LogP) is -19.2. The van der Waals surface area contributed by atoms with E-state index in [0.717, 1.165) is 11.8 Å². The summed E-state index contributed by atoms with van der Waals surface area (Å²) < 4.78 is 92.7. The molecule has 23 N–H and O–H groups in total. The maximum Gasteiger partial charge on any atom is 1.00 e. The number of rotatable bonds is 11. The topological polar surface area (TPSA) is 653 Å². The zero-order chi connectivity index (χ0) is 70.3. The fourth-order valence-electron chi connectivity index (χ4n) is 12.8. The number of hydrogen-bond donors (Lipinski definition) is 23. The molecule has 0 unspecified atom stereocenters. The van der Waals surface area contributed by atoms with Gasteiger partial charge in [0.2, 0.25) is 0 Å². The van der Waals surface area contributed by atoms with E-state index in [0.29, 0.717) is 0 Å². The number of hydrogen-bond acceptors (Lipinski definition) is 42. The van der Waals surface area contributed by atoms with Crippen LogP contribution in [0.5, 0.6) is 0 Å². The van der Waals surface area contributed by atoms with Crippen molar-refractivity contribution < 1.29 is 233 Å². The number of ether oxygens (including phenoxy) is 16. The maximum atomic E-state index is 12.1. The standard InChI is InChI=1S/C55H84O41S.Na/c56-5-14-39-23(63)31(71)48(81-14)90-40-15(6-57)83-50(33(73)25(40)65)92-42-17(8-59)85-52(35(75)27(42)67)94-44-19(10-61)87-54(37(77)29(44)69)96-46-21(12-97-22-4-2-1-3-13(22)47(79)80)88-55(38(78)30(46)70)95-45-20(11-62)86-53(36(76)28(45)68)93-43-18(9-60)84-51(34(74)26(43)66)91-41-16(7-58)82-49(89-39)32(72)24(41)64;/h1-4,14-21,23-46,48-78H,5-12H2,(H,79,80);/q;+1/p-1/t14-,15-,16+,17-,18+,19-,20+,21-,23-,24-,25-,26-,27-,28-,29-,30-,31-,32-,33+,34-,35-,36-,37+,38-,39-,40-,41-,42-,43-,44-,45-,46-,48-,49-,50-,51-,52-,53-,54-,55-;/m1./s1. The molecule has 40 atom stereocenters. The van der Waals surface area contributed by atoms with Crippen LogP contribution in [-0.4, -0.2) is 421 Å². The summed E-state index contributed by atoms with van der Waals surface area (Å²) >= 11 is 0.753. The number of aromatic carboxylic acids is 1. The molecule has 1 aromatic carbocycles. The molecule has 43 heteroatoms. The van der Waals surface area contributed by atoms with Gasteiger partial charge >= 0.3 is 29.6 Å². The smallest absolute Gasteiger partial charge is 0.545 e. The first-order valence-corrected chi connectivity index (χ1v) is 31.8. The Morgan fingerprint density at radius 1 is 0.286 bits per heavy atom. The van der Waals surface area contributed by atoms with Gasteiger partial charge in [-0.2, -0.15) is 0 Å². The molecule has 0 radical (unpaired) electrons. The van der Waals surface area contributed by atoms with Crippen LogP contribution in [0.2, 0.25) is 0 Å². The molecule has 30 aliphatic rings. The maximum absolute atomic E-state index is 12.1. The first kappa shape index (κ1) is 80.6. The van der Waals surface area contributed by atoms with Crippen molar-refractivity contribution >= 4 is 17.7 Å². The van der Waals surface area contributed by atoms with Crippen LogP contribution in [0, 0.1) is 0 Å². The van der Waals surface area contributed by atoms with Crippen molar-refractivity contribution in [1.82, 2.24) is 0 Å². The van der Waals surface area contributed by atoms with Gasteiger partial charge in [-0.25, -0.2) is 0 Å². The summed E-state index contributed by atoms with van der Waals surface area (Å²) in [4.78, 5) is 12.2. The normalized spacial score (nSPS) is 50.7. The third-order valence-corrected chi connectivity index (χ3v) is 19.4. The van der Waals surface area contributed by atoms with E-state index in [1.807, 2.05) is 0 Å². The number of carboxylic acid groups (broad SMARTS) is 1. The number of carbonyl (C=O) groups is 1. The van der Waals surface area contributed by atoms with Crippen molar-refractivity contribution in [3.05, 3.63) is 29.8 Å². The summed E-state index contributed by atoms with van der Waals surface area (Å²) in [7, 11) is 0. The molecule has 30 aliphatic heterocycles. The molecule has 1 aromatic rings. The molecule has 30 fully saturated rings. The summed E-state index contributed by atoms with van der Waals surface area (Å²) in [6.45, 7) is -7.71. The van der Waals surface area contributed by atoms with Crippen molar-refractivity contribution in [2.75, 3.05) is 52.0 Å². The minimum Gasteiger partial charge on any atom is -0.545 e. The molecule has 41 nitrogen and oxygen atoms in total. The second-order valence-electron chi connectivity index (χ2n) is 24.4. The molecule has 0 aromatic heterocycles. The van der Waals surface area contributed by atoms with Gasteiger partial charge in [-0.15, -0.1) is 11.8 Å². The molecule has 0 amide bonds. The zero-order valence-electron chi connectivity index (χ0n) is 51.6. The van der Waals surface area contributed by atoms with E-state index in [-0.39, 0.29) is 40.0 Å². The van der Waals surface area contributed by atoms with Gasteiger partial charge in [-0.3, -0.25) is 0 Å². The molecule has 98 heavy (non-hydrogen) atoms. The number of carboxylic acids is 1. The fourth-order valence-corrected chi connectivity index (χ4v) is 13.9. The minimum atomic E-state index is -2.30. The van der Waals surface area contributed by atoms with E-state index < -0.39 is 304 Å². The molecular weight excluding hydrogens is 1370 g/mol. The van der Waals surface area contributed by atoms with Gasteiger partial charge in [0.1, 0.15) is 189 Å². The number of aliphatic hydroxyl groups excluding tert-OH is 23. The second kappa shape index (κ2) is 34.8. The Morgan fingerprint density at radius 3 is 0.643 bits per heavy atom. The molecule has 556 valence electrons. The van der Waals surface area contributed by atoms with Crippen LogP contribution in [0.4, 0.5) is 0 Å². The van der Waals surface area contributed by atoms with Gasteiger partial charge in [0.25, 0.3) is 0 Å². The molecule has 0 aliphatic carbocycles. The fraction of sp³-hybridized carbons (Fsp3) is 0.873. The van der Waals surface area contributed by atoms with Gasteiger partial charge in [-0.1, -0.05) is 18.2 Å². The van der Waals surface area contributed by atoms with Crippen LogP contribution in [-0.2, 0) is 75.8 Å². The van der Waals surface area contributed by atoms with Gasteiger partial charge in [0.15, 0.2) is 50.3 Å². The molecular formula is C55H83NaO41S. The van der Waals surface area contributed by atoms with E-state index in [1.54, 1.807) is 0 Å². The molecule has 30 heterocycles. The van der Waals surface area contributed by atoms with Crippen LogP contribution >= 0.6 is 11.8 Å². The van der Waals surface area contributed by atoms with Crippen molar-refractivity contribution in [2.24, 2.45) is 0 Å².